The molecule has 2 nitrogen and oxygen atoms in total. The summed E-state index contributed by atoms with van der Waals surface area (Å²) in [7, 11) is 0. The van der Waals surface area contributed by atoms with Gasteiger partial charge >= 0.3 is 0 Å². The van der Waals surface area contributed by atoms with Gasteiger partial charge in [-0.15, -0.1) is 11.3 Å². The molecule has 66 valence electrons. The molecule has 0 atom stereocenters. The number of aryl methyl sites for hydroxylation is 1. The molecule has 0 aromatic carbocycles. The van der Waals surface area contributed by atoms with Crippen LogP contribution >= 0.6 is 11.3 Å². The molecule has 0 saturated heterocycles. The third-order valence-corrected chi connectivity index (χ3v) is 2.90. The number of aliphatic hydroxyl groups is 1. The summed E-state index contributed by atoms with van der Waals surface area (Å²) in [6, 6.07) is 0. The summed E-state index contributed by atoms with van der Waals surface area (Å²) in [6.07, 6.45) is 2.43. The van der Waals surface area contributed by atoms with Crippen molar-refractivity contribution in [2.75, 3.05) is 6.61 Å². The molecule has 0 fully saturated rings. The predicted octanol–water partition coefficient (Wildman–Crippen LogP) is 1.79. The van der Waals surface area contributed by atoms with Crippen LogP contribution in [0.3, 0.4) is 0 Å². The van der Waals surface area contributed by atoms with E-state index in [2.05, 4.69) is 0 Å². The van der Waals surface area contributed by atoms with Crippen LogP contribution in [0.15, 0.2) is 5.38 Å². The molecule has 0 saturated carbocycles. The number of carbonyl (C=O) groups is 1. The molecule has 1 aromatic heterocycles. The van der Waals surface area contributed by atoms with Crippen molar-refractivity contribution < 1.29 is 9.90 Å². The molecule has 0 bridgehead atoms. The molecule has 1 N–H and O–H groups in total. The van der Waals surface area contributed by atoms with Crippen molar-refractivity contribution in [2.45, 2.75) is 19.8 Å². The van der Waals surface area contributed by atoms with Crippen LogP contribution in [0.4, 0.5) is 0 Å². The number of hydrogen-bond donors (Lipinski definition) is 1. The Kier molecular flexibility index (Phi) is 3.44. The van der Waals surface area contributed by atoms with E-state index in [-0.39, 0.29) is 6.61 Å². The highest BCUT2D eigenvalue weighted by atomic mass is 32.1. The molecule has 0 radical (unpaired) electrons. The fraction of sp³-hybridized carbons (Fsp3) is 0.444. The van der Waals surface area contributed by atoms with E-state index in [4.69, 9.17) is 5.11 Å². The largest absolute Gasteiger partial charge is 0.396 e. The van der Waals surface area contributed by atoms with Gasteiger partial charge in [-0.25, -0.2) is 0 Å². The first kappa shape index (κ1) is 9.42. The predicted molar refractivity (Wildman–Crippen MR) is 49.9 cm³/mol. The topological polar surface area (TPSA) is 37.3 Å². The van der Waals surface area contributed by atoms with Crippen molar-refractivity contribution in [3.8, 4) is 0 Å². The van der Waals surface area contributed by atoms with Crippen molar-refractivity contribution in [2.24, 2.45) is 0 Å². The average molecular weight is 184 g/mol. The lowest BCUT2D eigenvalue weighted by Gasteiger charge is -1.98. The second-order valence-electron chi connectivity index (χ2n) is 2.71. The van der Waals surface area contributed by atoms with E-state index in [1.54, 1.807) is 0 Å². The number of carbonyl (C=O) groups excluding carboxylic acids is 1. The number of rotatable bonds is 4. The summed E-state index contributed by atoms with van der Waals surface area (Å²) in [5.41, 5.74) is 2.26. The number of aliphatic hydroxyl groups excluding tert-OH is 1. The normalized spacial score (nSPS) is 10.2. The van der Waals surface area contributed by atoms with Crippen molar-refractivity contribution >= 4 is 17.6 Å². The van der Waals surface area contributed by atoms with Crippen LogP contribution in [-0.4, -0.2) is 18.0 Å². The highest BCUT2D eigenvalue weighted by molar-refractivity contribution is 7.12. The Morgan fingerprint density at radius 1 is 1.67 bits per heavy atom. The van der Waals surface area contributed by atoms with Gasteiger partial charge in [0.15, 0.2) is 6.29 Å². The lowest BCUT2D eigenvalue weighted by molar-refractivity contribution is 0.112. The summed E-state index contributed by atoms with van der Waals surface area (Å²) in [6.45, 7) is 2.18. The van der Waals surface area contributed by atoms with Crippen LogP contribution < -0.4 is 0 Å². The third-order valence-electron chi connectivity index (χ3n) is 1.83. The van der Waals surface area contributed by atoms with Gasteiger partial charge in [-0.3, -0.25) is 4.79 Å². The molecule has 1 rings (SSSR count). The number of aldehydes is 1. The van der Waals surface area contributed by atoms with Gasteiger partial charge in [0.25, 0.3) is 0 Å². The van der Waals surface area contributed by atoms with Gasteiger partial charge in [0.1, 0.15) is 0 Å². The van der Waals surface area contributed by atoms with E-state index < -0.39 is 0 Å². The van der Waals surface area contributed by atoms with E-state index >= 15 is 0 Å². The van der Waals surface area contributed by atoms with Gasteiger partial charge in [0.05, 0.1) is 4.88 Å². The Morgan fingerprint density at radius 3 is 3.00 bits per heavy atom. The lowest BCUT2D eigenvalue weighted by Crippen LogP contribution is -1.92. The molecule has 0 aliphatic heterocycles. The fourth-order valence-corrected chi connectivity index (χ4v) is 2.07. The maximum atomic E-state index is 10.6. The van der Waals surface area contributed by atoms with Crippen LogP contribution in [-0.2, 0) is 6.42 Å². The average Bonchev–Trinajstić information content (AvgIpc) is 2.43. The van der Waals surface area contributed by atoms with Crippen LogP contribution in [0, 0.1) is 6.92 Å². The van der Waals surface area contributed by atoms with Gasteiger partial charge in [0, 0.05) is 6.61 Å². The summed E-state index contributed by atoms with van der Waals surface area (Å²) < 4.78 is 0. The molecule has 3 heteroatoms. The number of hydrogen-bond acceptors (Lipinski definition) is 3. The highest BCUT2D eigenvalue weighted by Crippen LogP contribution is 2.21. The minimum Gasteiger partial charge on any atom is -0.396 e. The van der Waals surface area contributed by atoms with Gasteiger partial charge in [-0.05, 0) is 36.3 Å². The molecule has 12 heavy (non-hydrogen) atoms. The van der Waals surface area contributed by atoms with Gasteiger partial charge in [-0.2, -0.15) is 0 Å². The molecular formula is C9H12O2S. The Bertz CT molecular complexity index is 265. The van der Waals surface area contributed by atoms with E-state index in [1.807, 2.05) is 12.3 Å². The zero-order valence-corrected chi connectivity index (χ0v) is 7.86. The summed E-state index contributed by atoms with van der Waals surface area (Å²) in [5.74, 6) is 0. The lowest BCUT2D eigenvalue weighted by atomic mass is 10.1. The molecule has 0 aliphatic carbocycles. The van der Waals surface area contributed by atoms with Crippen molar-refractivity contribution in [1.29, 1.82) is 0 Å². The molecule has 0 unspecified atom stereocenters. The van der Waals surface area contributed by atoms with Gasteiger partial charge in [-0.1, -0.05) is 0 Å². The van der Waals surface area contributed by atoms with E-state index in [0.29, 0.717) is 0 Å². The Hall–Kier alpha value is -0.670. The zero-order valence-electron chi connectivity index (χ0n) is 7.04. The molecule has 0 spiro atoms. The van der Waals surface area contributed by atoms with E-state index in [0.717, 1.165) is 35.1 Å². The monoisotopic (exact) mass is 184 g/mol. The smallest absolute Gasteiger partial charge is 0.160 e. The Balaban J connectivity index is 2.79. The molecule has 0 aliphatic rings. The molecule has 1 heterocycles. The molecule has 0 amide bonds. The second-order valence-corrected chi connectivity index (χ2v) is 3.62. The first-order valence-corrected chi connectivity index (χ1v) is 4.80. The maximum absolute atomic E-state index is 10.6. The van der Waals surface area contributed by atoms with Crippen LogP contribution in [0.2, 0.25) is 0 Å². The second kappa shape index (κ2) is 4.38. The SMILES string of the molecule is Cc1csc(C=O)c1CCCO. The first-order valence-electron chi connectivity index (χ1n) is 3.92. The van der Waals surface area contributed by atoms with Crippen molar-refractivity contribution in [3.05, 3.63) is 21.4 Å². The van der Waals surface area contributed by atoms with Crippen LogP contribution in [0.1, 0.15) is 27.2 Å². The minimum atomic E-state index is 0.188. The standard InChI is InChI=1S/C9H12O2S/c1-7-6-12-9(5-11)8(7)3-2-4-10/h5-6,10H,2-4H2,1H3. The minimum absolute atomic E-state index is 0.188. The Morgan fingerprint density at radius 2 is 2.42 bits per heavy atom. The zero-order chi connectivity index (χ0) is 8.97. The highest BCUT2D eigenvalue weighted by Gasteiger charge is 2.06. The summed E-state index contributed by atoms with van der Waals surface area (Å²) in [5, 5.41) is 10.6. The molecular weight excluding hydrogens is 172 g/mol. The van der Waals surface area contributed by atoms with Gasteiger partial charge < -0.3 is 5.11 Å². The molecule has 1 aromatic rings. The fourth-order valence-electron chi connectivity index (χ4n) is 1.16. The third kappa shape index (κ3) is 1.93. The summed E-state index contributed by atoms with van der Waals surface area (Å²) >= 11 is 1.48. The van der Waals surface area contributed by atoms with Crippen LogP contribution in [0.25, 0.3) is 0 Å². The van der Waals surface area contributed by atoms with Gasteiger partial charge in [0.2, 0.25) is 0 Å². The van der Waals surface area contributed by atoms with Crippen LogP contribution in [0.5, 0.6) is 0 Å². The first-order chi connectivity index (χ1) is 5.79. The van der Waals surface area contributed by atoms with Crippen molar-refractivity contribution in [3.63, 3.8) is 0 Å². The number of thiophene rings is 1. The quantitative estimate of drug-likeness (QED) is 0.724. The van der Waals surface area contributed by atoms with E-state index in [1.165, 1.54) is 11.3 Å². The van der Waals surface area contributed by atoms with Crippen molar-refractivity contribution in [1.82, 2.24) is 0 Å². The summed E-state index contributed by atoms with van der Waals surface area (Å²) in [4.78, 5) is 11.4. The Labute approximate surface area is 75.9 Å². The maximum Gasteiger partial charge on any atom is 0.160 e. The van der Waals surface area contributed by atoms with E-state index in [9.17, 15) is 4.79 Å².